The van der Waals surface area contributed by atoms with Crippen LogP contribution in [0, 0.1) is 5.82 Å². The predicted octanol–water partition coefficient (Wildman–Crippen LogP) is 1.92. The zero-order valence-corrected chi connectivity index (χ0v) is 15.5. The predicted molar refractivity (Wildman–Crippen MR) is 98.2 cm³/mol. The molecule has 1 aliphatic carbocycles. The summed E-state index contributed by atoms with van der Waals surface area (Å²) in [6.07, 6.45) is 3.57. The van der Waals surface area contributed by atoms with E-state index in [4.69, 9.17) is 0 Å². The molecule has 142 valence electrons. The van der Waals surface area contributed by atoms with Crippen LogP contribution in [-0.2, 0) is 15.0 Å². The molecule has 0 radical (unpaired) electrons. The lowest BCUT2D eigenvalue weighted by atomic mass is 9.77. The highest BCUT2D eigenvalue weighted by molar-refractivity contribution is 5.89. The number of carbonyl (C=O) groups is 2. The van der Waals surface area contributed by atoms with Gasteiger partial charge in [-0.2, -0.15) is 0 Å². The van der Waals surface area contributed by atoms with Gasteiger partial charge in [0.25, 0.3) is 0 Å². The number of benzene rings is 1. The van der Waals surface area contributed by atoms with Crippen LogP contribution in [0.5, 0.6) is 0 Å². The fourth-order valence-electron chi connectivity index (χ4n) is 4.26. The first kappa shape index (κ1) is 18.8. The lowest BCUT2D eigenvalue weighted by Crippen LogP contribution is -2.55. The van der Waals surface area contributed by atoms with E-state index in [1.54, 1.807) is 6.07 Å². The highest BCUT2D eigenvalue weighted by Gasteiger charge is 2.45. The molecule has 1 saturated heterocycles. The Labute approximate surface area is 154 Å². The second-order valence-corrected chi connectivity index (χ2v) is 7.32. The van der Waals surface area contributed by atoms with Gasteiger partial charge in [0.15, 0.2) is 0 Å². The number of rotatable bonds is 5. The third-order valence-electron chi connectivity index (χ3n) is 5.64. The van der Waals surface area contributed by atoms with Crippen molar-refractivity contribution < 1.29 is 14.0 Å². The molecule has 0 aromatic heterocycles. The summed E-state index contributed by atoms with van der Waals surface area (Å²) in [4.78, 5) is 29.1. The first-order valence-electron chi connectivity index (χ1n) is 9.59. The van der Waals surface area contributed by atoms with Gasteiger partial charge in [0.1, 0.15) is 5.82 Å². The van der Waals surface area contributed by atoms with Crippen LogP contribution in [0.3, 0.4) is 0 Å². The molecule has 0 spiro atoms. The minimum atomic E-state index is -0.580. The van der Waals surface area contributed by atoms with Crippen molar-refractivity contribution in [2.75, 3.05) is 39.3 Å². The molecule has 1 heterocycles. The number of likely N-dealkylation sites (N-methyl/N-ethyl adjacent to an activating group) is 1. The molecule has 0 atom stereocenters. The van der Waals surface area contributed by atoms with Crippen LogP contribution >= 0.6 is 0 Å². The van der Waals surface area contributed by atoms with Crippen molar-refractivity contribution in [2.24, 2.45) is 0 Å². The van der Waals surface area contributed by atoms with Crippen LogP contribution < -0.4 is 5.32 Å². The van der Waals surface area contributed by atoms with Crippen LogP contribution in [-0.4, -0.2) is 60.9 Å². The van der Waals surface area contributed by atoms with E-state index in [0.717, 1.165) is 31.2 Å². The van der Waals surface area contributed by atoms with Gasteiger partial charge < -0.3 is 10.2 Å². The molecule has 2 aliphatic rings. The summed E-state index contributed by atoms with van der Waals surface area (Å²) >= 11 is 0. The topological polar surface area (TPSA) is 52.7 Å². The normalized spacial score (nSPS) is 20.2. The Morgan fingerprint density at radius 2 is 1.85 bits per heavy atom. The van der Waals surface area contributed by atoms with Gasteiger partial charge in [-0.3, -0.25) is 14.5 Å². The summed E-state index contributed by atoms with van der Waals surface area (Å²) in [5.41, 5.74) is 0.230. The maximum absolute atomic E-state index is 13.8. The molecule has 2 fully saturated rings. The summed E-state index contributed by atoms with van der Waals surface area (Å²) in [5, 5.41) is 2.81. The van der Waals surface area contributed by atoms with E-state index >= 15 is 0 Å². The van der Waals surface area contributed by atoms with Crippen molar-refractivity contribution >= 4 is 11.8 Å². The van der Waals surface area contributed by atoms with Gasteiger partial charge in [0.05, 0.1) is 12.0 Å². The Bertz CT molecular complexity index is 650. The number of nitrogens with zero attached hydrogens (tertiary/aromatic N) is 2. The standard InChI is InChI=1S/C20H28FN3O2/c1-2-22-18(25)15-23-10-12-24(13-11-23)19(26)20(8-3-4-9-20)16-6-5-7-17(21)14-16/h5-7,14H,2-4,8-13,15H2,1H3,(H,22,25). The largest absolute Gasteiger partial charge is 0.355 e. The summed E-state index contributed by atoms with van der Waals surface area (Å²) in [7, 11) is 0. The Morgan fingerprint density at radius 1 is 1.15 bits per heavy atom. The molecule has 0 bridgehead atoms. The Kier molecular flexibility index (Phi) is 5.91. The van der Waals surface area contributed by atoms with Crippen LogP contribution in [0.4, 0.5) is 4.39 Å². The van der Waals surface area contributed by atoms with Gasteiger partial charge >= 0.3 is 0 Å². The number of piperazine rings is 1. The van der Waals surface area contributed by atoms with Crippen molar-refractivity contribution in [1.29, 1.82) is 0 Å². The lowest BCUT2D eigenvalue weighted by molar-refractivity contribution is -0.139. The average molecular weight is 361 g/mol. The monoisotopic (exact) mass is 361 g/mol. The molecule has 1 aromatic carbocycles. The maximum Gasteiger partial charge on any atom is 0.234 e. The second-order valence-electron chi connectivity index (χ2n) is 7.32. The van der Waals surface area contributed by atoms with Crippen molar-refractivity contribution in [3.8, 4) is 0 Å². The minimum absolute atomic E-state index is 0.0271. The van der Waals surface area contributed by atoms with Gasteiger partial charge in [-0.05, 0) is 37.5 Å². The first-order valence-corrected chi connectivity index (χ1v) is 9.59. The number of amides is 2. The molecule has 1 saturated carbocycles. The van der Waals surface area contributed by atoms with Crippen LogP contribution in [0.15, 0.2) is 24.3 Å². The minimum Gasteiger partial charge on any atom is -0.355 e. The SMILES string of the molecule is CCNC(=O)CN1CCN(C(=O)C2(c3cccc(F)c3)CCCC2)CC1. The highest BCUT2D eigenvalue weighted by atomic mass is 19.1. The Morgan fingerprint density at radius 3 is 2.46 bits per heavy atom. The van der Waals surface area contributed by atoms with E-state index in [-0.39, 0.29) is 17.6 Å². The van der Waals surface area contributed by atoms with Crippen molar-refractivity contribution in [2.45, 2.75) is 38.0 Å². The number of hydrogen-bond acceptors (Lipinski definition) is 3. The van der Waals surface area contributed by atoms with Crippen LogP contribution in [0.2, 0.25) is 0 Å². The van der Waals surface area contributed by atoms with Gasteiger partial charge in [0, 0.05) is 32.7 Å². The summed E-state index contributed by atoms with van der Waals surface area (Å²) in [6, 6.07) is 6.53. The van der Waals surface area contributed by atoms with E-state index in [9.17, 15) is 14.0 Å². The van der Waals surface area contributed by atoms with E-state index in [1.807, 2.05) is 17.9 Å². The Balaban J connectivity index is 1.67. The summed E-state index contributed by atoms with van der Waals surface area (Å²) < 4.78 is 13.8. The van der Waals surface area contributed by atoms with Crippen LogP contribution in [0.25, 0.3) is 0 Å². The number of carbonyl (C=O) groups excluding carboxylic acids is 2. The van der Waals surface area contributed by atoms with Gasteiger partial charge in [-0.25, -0.2) is 4.39 Å². The summed E-state index contributed by atoms with van der Waals surface area (Å²) in [6.45, 7) is 5.55. The van der Waals surface area contributed by atoms with Crippen molar-refractivity contribution in [3.05, 3.63) is 35.6 Å². The maximum atomic E-state index is 13.8. The van der Waals surface area contributed by atoms with Crippen LogP contribution in [0.1, 0.15) is 38.2 Å². The molecule has 26 heavy (non-hydrogen) atoms. The zero-order valence-electron chi connectivity index (χ0n) is 15.5. The van der Waals surface area contributed by atoms with E-state index in [2.05, 4.69) is 10.2 Å². The smallest absolute Gasteiger partial charge is 0.234 e. The van der Waals surface area contributed by atoms with E-state index in [1.165, 1.54) is 12.1 Å². The summed E-state index contributed by atoms with van der Waals surface area (Å²) in [5.74, 6) is -0.133. The number of nitrogens with one attached hydrogen (secondary N) is 1. The Hall–Kier alpha value is -1.95. The molecule has 6 heteroatoms. The quantitative estimate of drug-likeness (QED) is 0.872. The molecule has 1 N–H and O–H groups in total. The molecule has 3 rings (SSSR count). The van der Waals surface area contributed by atoms with Gasteiger partial charge in [0.2, 0.25) is 11.8 Å². The first-order chi connectivity index (χ1) is 12.5. The average Bonchev–Trinajstić information content (AvgIpc) is 3.13. The molecule has 5 nitrogen and oxygen atoms in total. The zero-order chi connectivity index (χ0) is 18.6. The van der Waals surface area contributed by atoms with Gasteiger partial charge in [-0.1, -0.05) is 25.0 Å². The molecule has 1 aliphatic heterocycles. The molecule has 1 aromatic rings. The second kappa shape index (κ2) is 8.16. The highest BCUT2D eigenvalue weighted by Crippen LogP contribution is 2.43. The molecular formula is C20H28FN3O2. The third-order valence-corrected chi connectivity index (χ3v) is 5.64. The van der Waals surface area contributed by atoms with E-state index in [0.29, 0.717) is 39.3 Å². The fourth-order valence-corrected chi connectivity index (χ4v) is 4.26. The van der Waals surface area contributed by atoms with Gasteiger partial charge in [-0.15, -0.1) is 0 Å². The molecule has 2 amide bonds. The molecular weight excluding hydrogens is 333 g/mol. The van der Waals surface area contributed by atoms with Crippen molar-refractivity contribution in [3.63, 3.8) is 0 Å². The lowest BCUT2D eigenvalue weighted by Gasteiger charge is -2.40. The number of hydrogen-bond donors (Lipinski definition) is 1. The fraction of sp³-hybridized carbons (Fsp3) is 0.600. The number of halogens is 1. The molecule has 0 unspecified atom stereocenters. The van der Waals surface area contributed by atoms with Crippen molar-refractivity contribution in [1.82, 2.24) is 15.1 Å². The van der Waals surface area contributed by atoms with E-state index < -0.39 is 5.41 Å². The third kappa shape index (κ3) is 3.90.